The maximum absolute atomic E-state index is 12.1. The van der Waals surface area contributed by atoms with Crippen LogP contribution in [0.4, 0.5) is 0 Å². The summed E-state index contributed by atoms with van der Waals surface area (Å²) in [5, 5.41) is 21.8. The molecule has 6 rings (SSSR count). The van der Waals surface area contributed by atoms with E-state index < -0.39 is 11.9 Å². The van der Waals surface area contributed by atoms with Crippen molar-refractivity contribution in [1.82, 2.24) is 24.9 Å². The Balaban J connectivity index is 1.42. The molecule has 0 bridgehead atoms. The van der Waals surface area contributed by atoms with Crippen LogP contribution in [0.3, 0.4) is 0 Å². The van der Waals surface area contributed by atoms with Gasteiger partial charge in [0.15, 0.2) is 0 Å². The second kappa shape index (κ2) is 10.8. The Labute approximate surface area is 240 Å². The van der Waals surface area contributed by atoms with Gasteiger partial charge in [0, 0.05) is 49.1 Å². The highest BCUT2D eigenvalue weighted by Crippen LogP contribution is 2.39. The van der Waals surface area contributed by atoms with Gasteiger partial charge in [-0.15, -0.1) is 16.4 Å². The van der Waals surface area contributed by atoms with E-state index in [1.54, 1.807) is 29.1 Å². The van der Waals surface area contributed by atoms with Crippen LogP contribution in [-0.4, -0.2) is 42.5 Å². The molecule has 0 aliphatic carbocycles. The number of aromatic amines is 1. The fourth-order valence-corrected chi connectivity index (χ4v) is 7.20. The number of carbonyl (C=O) groups is 1. The van der Waals surface area contributed by atoms with Crippen LogP contribution in [0, 0.1) is 5.92 Å². The summed E-state index contributed by atoms with van der Waals surface area (Å²) in [6.45, 7) is 4.48. The van der Waals surface area contributed by atoms with Crippen LogP contribution < -0.4 is 5.56 Å². The summed E-state index contributed by atoms with van der Waals surface area (Å²) >= 11 is 8.53. The van der Waals surface area contributed by atoms with Crippen LogP contribution >= 0.6 is 22.9 Å². The summed E-state index contributed by atoms with van der Waals surface area (Å²) in [6.07, 6.45) is 1.89. The molecule has 40 heavy (non-hydrogen) atoms. The van der Waals surface area contributed by atoms with Crippen molar-refractivity contribution in [3.05, 3.63) is 91.2 Å². The lowest BCUT2D eigenvalue weighted by Crippen LogP contribution is -2.28. The fourth-order valence-electron chi connectivity index (χ4n) is 5.98. The van der Waals surface area contributed by atoms with Crippen molar-refractivity contribution in [3.8, 4) is 0 Å². The molecule has 0 saturated carbocycles. The summed E-state index contributed by atoms with van der Waals surface area (Å²) in [4.78, 5) is 29.7. The van der Waals surface area contributed by atoms with Crippen molar-refractivity contribution >= 4 is 50.0 Å². The number of thiophene rings is 1. The molecule has 206 valence electrons. The monoisotopic (exact) mass is 575 g/mol. The minimum absolute atomic E-state index is 0.0789. The molecule has 1 aliphatic heterocycles. The lowest BCUT2D eigenvalue weighted by molar-refractivity contribution is -0.137. The number of aromatic nitrogens is 4. The van der Waals surface area contributed by atoms with Gasteiger partial charge < -0.3 is 10.1 Å². The van der Waals surface area contributed by atoms with E-state index in [1.807, 2.05) is 18.2 Å². The molecular formula is C30H30ClN5O3S. The minimum Gasteiger partial charge on any atom is -0.481 e. The summed E-state index contributed by atoms with van der Waals surface area (Å²) in [6, 6.07) is 13.7. The maximum Gasteiger partial charge on any atom is 0.304 e. The SMILES string of the molecule is CC[C@H]1Cc2ccc(=O)[nH]c2CN(Cc2cc(C(CC(=O)O)c3ccc4c(nnn4C)c3Cl)cc3ccsc23)C1. The lowest BCUT2D eigenvalue weighted by atomic mass is 9.86. The molecule has 0 spiro atoms. The second-order valence-corrected chi connectivity index (χ2v) is 12.0. The van der Waals surface area contributed by atoms with Gasteiger partial charge in [0.05, 0.1) is 17.0 Å². The summed E-state index contributed by atoms with van der Waals surface area (Å²) < 4.78 is 2.84. The first-order valence-corrected chi connectivity index (χ1v) is 14.7. The number of aliphatic carboxylic acids is 1. The van der Waals surface area contributed by atoms with E-state index in [0.29, 0.717) is 29.5 Å². The normalized spacial score (nSPS) is 16.7. The number of rotatable bonds is 7. The molecule has 0 fully saturated rings. The zero-order valence-corrected chi connectivity index (χ0v) is 23.9. The third-order valence-corrected chi connectivity index (χ3v) is 9.44. The van der Waals surface area contributed by atoms with Gasteiger partial charge in [-0.25, -0.2) is 4.68 Å². The third-order valence-electron chi connectivity index (χ3n) is 8.03. The van der Waals surface area contributed by atoms with Crippen molar-refractivity contribution in [2.75, 3.05) is 6.54 Å². The van der Waals surface area contributed by atoms with Gasteiger partial charge in [-0.3, -0.25) is 14.5 Å². The van der Waals surface area contributed by atoms with Crippen LogP contribution in [0.25, 0.3) is 21.1 Å². The van der Waals surface area contributed by atoms with Crippen LogP contribution in [0.15, 0.2) is 52.6 Å². The van der Waals surface area contributed by atoms with Crippen molar-refractivity contribution in [1.29, 1.82) is 0 Å². The van der Waals surface area contributed by atoms with E-state index in [-0.39, 0.29) is 12.0 Å². The number of fused-ring (bicyclic) bond motifs is 3. The van der Waals surface area contributed by atoms with Crippen LogP contribution in [-0.2, 0) is 31.4 Å². The number of nitrogens with one attached hydrogen (secondary N) is 1. The molecule has 2 atom stereocenters. The number of carboxylic acids is 1. The number of aryl methyl sites for hydroxylation is 1. The van der Waals surface area contributed by atoms with Gasteiger partial charge in [-0.05, 0) is 63.6 Å². The molecule has 8 nitrogen and oxygen atoms in total. The Kier molecular flexibility index (Phi) is 7.20. The van der Waals surface area contributed by atoms with E-state index >= 15 is 0 Å². The molecular weight excluding hydrogens is 546 g/mol. The standard InChI is InChI=1S/C30H30ClN5O3S/c1-3-17-10-18-4-7-26(37)32-24(18)16-36(14-17)15-21-12-20(11-19-8-9-40-30(19)21)23(13-27(38)39)22-5-6-25-29(28(22)31)33-34-35(25)2/h4-9,11-12,17,23H,3,10,13-16H2,1-2H3,(H,32,37)(H,38,39)/t17-,23?/m0/s1. The van der Waals surface area contributed by atoms with Crippen molar-refractivity contribution in [2.24, 2.45) is 13.0 Å². The van der Waals surface area contributed by atoms with Crippen molar-refractivity contribution < 1.29 is 9.90 Å². The highest BCUT2D eigenvalue weighted by atomic mass is 35.5. The van der Waals surface area contributed by atoms with E-state index in [2.05, 4.69) is 50.7 Å². The smallest absolute Gasteiger partial charge is 0.304 e. The van der Waals surface area contributed by atoms with E-state index in [1.165, 1.54) is 10.3 Å². The quantitative estimate of drug-likeness (QED) is 0.257. The molecule has 0 radical (unpaired) electrons. The third kappa shape index (κ3) is 5.05. The zero-order chi connectivity index (χ0) is 28.0. The molecule has 1 unspecified atom stereocenters. The summed E-state index contributed by atoms with van der Waals surface area (Å²) in [5.74, 6) is -0.873. The predicted molar refractivity (Wildman–Crippen MR) is 158 cm³/mol. The predicted octanol–water partition coefficient (Wildman–Crippen LogP) is 5.72. The fraction of sp³-hybridized carbons (Fsp3) is 0.333. The first kappa shape index (κ1) is 26.7. The second-order valence-electron chi connectivity index (χ2n) is 10.7. The maximum atomic E-state index is 12.1. The average Bonchev–Trinajstić information content (AvgIpc) is 3.51. The van der Waals surface area contributed by atoms with Gasteiger partial charge in [0.25, 0.3) is 0 Å². The molecule has 0 amide bonds. The Hall–Kier alpha value is -3.53. The average molecular weight is 576 g/mol. The van der Waals surface area contributed by atoms with Crippen molar-refractivity contribution in [2.45, 2.75) is 45.2 Å². The van der Waals surface area contributed by atoms with E-state index in [0.717, 1.165) is 52.7 Å². The number of benzene rings is 2. The van der Waals surface area contributed by atoms with Gasteiger partial charge in [-0.2, -0.15) is 0 Å². The van der Waals surface area contributed by atoms with Gasteiger partial charge in [0.1, 0.15) is 5.52 Å². The number of carboxylic acid groups (broad SMARTS) is 1. The van der Waals surface area contributed by atoms with Crippen LogP contribution in [0.1, 0.15) is 53.6 Å². The molecule has 4 heterocycles. The molecule has 10 heteroatoms. The Morgan fingerprint density at radius 1 is 1.25 bits per heavy atom. The molecule has 2 N–H and O–H groups in total. The van der Waals surface area contributed by atoms with Crippen LogP contribution in [0.2, 0.25) is 5.02 Å². The lowest BCUT2D eigenvalue weighted by Gasteiger charge is -2.25. The number of halogens is 1. The molecule has 2 aromatic carbocycles. The molecule has 5 aromatic rings. The Bertz CT molecular complexity index is 1790. The van der Waals surface area contributed by atoms with Crippen molar-refractivity contribution in [3.63, 3.8) is 0 Å². The van der Waals surface area contributed by atoms with Gasteiger partial charge in [0.2, 0.25) is 5.56 Å². The van der Waals surface area contributed by atoms with E-state index in [4.69, 9.17) is 11.6 Å². The number of pyridine rings is 1. The number of hydrogen-bond acceptors (Lipinski definition) is 6. The largest absolute Gasteiger partial charge is 0.481 e. The molecule has 0 saturated heterocycles. The molecule has 3 aromatic heterocycles. The number of hydrogen-bond donors (Lipinski definition) is 2. The Morgan fingerprint density at radius 3 is 2.90 bits per heavy atom. The topological polar surface area (TPSA) is 104 Å². The van der Waals surface area contributed by atoms with E-state index in [9.17, 15) is 14.7 Å². The van der Waals surface area contributed by atoms with Crippen LogP contribution in [0.5, 0.6) is 0 Å². The Morgan fingerprint density at radius 2 is 2.10 bits per heavy atom. The highest BCUT2D eigenvalue weighted by molar-refractivity contribution is 7.17. The number of H-pyrrole nitrogens is 1. The summed E-state index contributed by atoms with van der Waals surface area (Å²) in [5.41, 5.74) is 6.25. The van der Waals surface area contributed by atoms with Gasteiger partial charge >= 0.3 is 5.97 Å². The highest BCUT2D eigenvalue weighted by Gasteiger charge is 2.26. The summed E-state index contributed by atoms with van der Waals surface area (Å²) in [7, 11) is 1.80. The first-order chi connectivity index (χ1) is 19.3. The van der Waals surface area contributed by atoms with Gasteiger partial charge in [-0.1, -0.05) is 48.4 Å². The minimum atomic E-state index is -0.897. The zero-order valence-electron chi connectivity index (χ0n) is 22.4. The number of nitrogens with zero attached hydrogens (tertiary/aromatic N) is 4. The molecule has 1 aliphatic rings. The first-order valence-electron chi connectivity index (χ1n) is 13.4.